The number of carbonyl (C=O) groups excluding carboxylic acids is 1. The second-order valence-corrected chi connectivity index (χ2v) is 6.05. The van der Waals surface area contributed by atoms with Crippen LogP contribution in [0.4, 0.5) is 0 Å². The van der Waals surface area contributed by atoms with E-state index < -0.39 is 5.60 Å². The minimum Gasteiger partial charge on any atom is -0.478 e. The summed E-state index contributed by atoms with van der Waals surface area (Å²) in [6, 6.07) is 7.25. The highest BCUT2D eigenvalue weighted by Crippen LogP contribution is 2.23. The van der Waals surface area contributed by atoms with Gasteiger partial charge in [0.2, 0.25) is 0 Å². The fraction of sp³-hybridized carbons (Fsp3) is 0.533. The van der Waals surface area contributed by atoms with Crippen molar-refractivity contribution in [3.05, 3.63) is 29.3 Å². The van der Waals surface area contributed by atoms with E-state index in [1.165, 1.54) is 0 Å². The van der Waals surface area contributed by atoms with Gasteiger partial charge in [-0.3, -0.25) is 4.79 Å². The Bertz CT molecular complexity index is 473. The Labute approximate surface area is 125 Å². The minimum atomic E-state index is -0.889. The zero-order chi connectivity index (χ0) is 14.8. The van der Waals surface area contributed by atoms with Crippen LogP contribution in [-0.4, -0.2) is 42.1 Å². The van der Waals surface area contributed by atoms with Crippen molar-refractivity contribution in [1.82, 2.24) is 10.2 Å². The van der Waals surface area contributed by atoms with Crippen molar-refractivity contribution >= 4 is 17.5 Å². The minimum absolute atomic E-state index is 0.0152. The van der Waals surface area contributed by atoms with Crippen molar-refractivity contribution < 1.29 is 9.53 Å². The van der Waals surface area contributed by atoms with E-state index in [2.05, 4.69) is 5.32 Å². The maximum absolute atomic E-state index is 12.6. The zero-order valence-electron chi connectivity index (χ0n) is 12.1. The molecule has 110 valence electrons. The SMILES string of the molecule is CC1CNCCN1C(=O)C(C)(C)Oc1ccc(Cl)cc1. The molecular formula is C15H21ClN2O2. The Hall–Kier alpha value is -1.26. The summed E-state index contributed by atoms with van der Waals surface area (Å²) < 4.78 is 5.85. The molecule has 0 spiro atoms. The number of rotatable bonds is 3. The Kier molecular flexibility index (Phi) is 4.55. The first-order valence-corrected chi connectivity index (χ1v) is 7.24. The molecular weight excluding hydrogens is 276 g/mol. The van der Waals surface area contributed by atoms with Crippen LogP contribution in [0.15, 0.2) is 24.3 Å². The molecule has 1 saturated heterocycles. The number of carbonyl (C=O) groups is 1. The lowest BCUT2D eigenvalue weighted by atomic mass is 10.1. The number of piperazine rings is 1. The van der Waals surface area contributed by atoms with Crippen LogP contribution in [0.25, 0.3) is 0 Å². The fourth-order valence-corrected chi connectivity index (χ4v) is 2.46. The Morgan fingerprint density at radius 3 is 2.65 bits per heavy atom. The van der Waals surface area contributed by atoms with Gasteiger partial charge >= 0.3 is 0 Å². The van der Waals surface area contributed by atoms with Gasteiger partial charge in [0.05, 0.1) is 0 Å². The van der Waals surface area contributed by atoms with Crippen LogP contribution >= 0.6 is 11.6 Å². The van der Waals surface area contributed by atoms with Crippen molar-refractivity contribution in [3.8, 4) is 5.75 Å². The van der Waals surface area contributed by atoms with E-state index >= 15 is 0 Å². The largest absolute Gasteiger partial charge is 0.478 e. The van der Waals surface area contributed by atoms with E-state index in [1.807, 2.05) is 11.8 Å². The van der Waals surface area contributed by atoms with E-state index in [4.69, 9.17) is 16.3 Å². The molecule has 1 aliphatic heterocycles. The maximum atomic E-state index is 12.6. The summed E-state index contributed by atoms with van der Waals surface area (Å²) in [5.41, 5.74) is -0.889. The lowest BCUT2D eigenvalue weighted by Crippen LogP contribution is -2.58. The van der Waals surface area contributed by atoms with E-state index in [9.17, 15) is 4.79 Å². The van der Waals surface area contributed by atoms with Crippen LogP contribution in [-0.2, 0) is 4.79 Å². The van der Waals surface area contributed by atoms with Gasteiger partial charge in [0.25, 0.3) is 5.91 Å². The predicted molar refractivity (Wildman–Crippen MR) is 80.2 cm³/mol. The second-order valence-electron chi connectivity index (χ2n) is 5.62. The number of benzene rings is 1. The number of hydrogen-bond donors (Lipinski definition) is 1. The van der Waals surface area contributed by atoms with Crippen molar-refractivity contribution in [2.45, 2.75) is 32.4 Å². The van der Waals surface area contributed by atoms with Crippen molar-refractivity contribution in [3.63, 3.8) is 0 Å². The highest BCUT2D eigenvalue weighted by Gasteiger charge is 2.37. The predicted octanol–water partition coefficient (Wildman–Crippen LogP) is 2.32. The molecule has 1 amide bonds. The van der Waals surface area contributed by atoms with Crippen LogP contribution in [0.1, 0.15) is 20.8 Å². The third-order valence-corrected chi connectivity index (χ3v) is 3.72. The molecule has 1 N–H and O–H groups in total. The van der Waals surface area contributed by atoms with Crippen LogP contribution in [0.3, 0.4) is 0 Å². The molecule has 1 aromatic carbocycles. The molecule has 20 heavy (non-hydrogen) atoms. The molecule has 5 heteroatoms. The molecule has 1 unspecified atom stereocenters. The number of halogens is 1. The first-order valence-electron chi connectivity index (χ1n) is 6.86. The van der Waals surface area contributed by atoms with Gasteiger partial charge in [0.1, 0.15) is 5.75 Å². The normalized spacial score (nSPS) is 19.8. The summed E-state index contributed by atoms with van der Waals surface area (Å²) in [5, 5.41) is 3.93. The topological polar surface area (TPSA) is 41.6 Å². The lowest BCUT2D eigenvalue weighted by molar-refractivity contribution is -0.148. The molecule has 1 fully saturated rings. The average Bonchev–Trinajstić information content (AvgIpc) is 2.41. The molecule has 0 bridgehead atoms. The number of hydrogen-bond acceptors (Lipinski definition) is 3. The van der Waals surface area contributed by atoms with E-state index in [0.29, 0.717) is 17.3 Å². The average molecular weight is 297 g/mol. The number of nitrogens with one attached hydrogen (secondary N) is 1. The van der Waals surface area contributed by atoms with Gasteiger partial charge < -0.3 is 15.0 Å². The van der Waals surface area contributed by atoms with Crippen molar-refractivity contribution in [1.29, 1.82) is 0 Å². The lowest BCUT2D eigenvalue weighted by Gasteiger charge is -2.39. The molecule has 1 aliphatic rings. The Morgan fingerprint density at radius 1 is 1.40 bits per heavy atom. The molecule has 0 aromatic heterocycles. The van der Waals surface area contributed by atoms with Crippen LogP contribution in [0.2, 0.25) is 5.02 Å². The van der Waals surface area contributed by atoms with E-state index in [1.54, 1.807) is 38.1 Å². The van der Waals surface area contributed by atoms with Gasteiger partial charge in [-0.15, -0.1) is 0 Å². The monoisotopic (exact) mass is 296 g/mol. The Balaban J connectivity index is 2.08. The molecule has 2 rings (SSSR count). The molecule has 1 atom stereocenters. The summed E-state index contributed by atoms with van der Waals surface area (Å²) in [6.07, 6.45) is 0. The third kappa shape index (κ3) is 3.44. The number of ether oxygens (including phenoxy) is 1. The smallest absolute Gasteiger partial charge is 0.266 e. The summed E-state index contributed by atoms with van der Waals surface area (Å²) in [6.45, 7) is 8.02. The first-order chi connectivity index (χ1) is 9.40. The van der Waals surface area contributed by atoms with Crippen LogP contribution in [0, 0.1) is 0 Å². The molecule has 4 nitrogen and oxygen atoms in total. The standard InChI is InChI=1S/C15H21ClN2O2/c1-11-10-17-8-9-18(11)14(19)15(2,3)20-13-6-4-12(16)5-7-13/h4-7,11,17H,8-10H2,1-3H3. The molecule has 0 aliphatic carbocycles. The van der Waals surface area contributed by atoms with Crippen LogP contribution < -0.4 is 10.1 Å². The van der Waals surface area contributed by atoms with Gasteiger partial charge in [-0.05, 0) is 45.0 Å². The van der Waals surface area contributed by atoms with Crippen LogP contribution in [0.5, 0.6) is 5.75 Å². The molecule has 1 aromatic rings. The van der Waals surface area contributed by atoms with Crippen molar-refractivity contribution in [2.24, 2.45) is 0 Å². The zero-order valence-corrected chi connectivity index (χ0v) is 12.9. The number of nitrogens with zero attached hydrogens (tertiary/aromatic N) is 1. The highest BCUT2D eigenvalue weighted by molar-refractivity contribution is 6.30. The van der Waals surface area contributed by atoms with Gasteiger partial charge in [0, 0.05) is 30.7 Å². The van der Waals surface area contributed by atoms with Gasteiger partial charge in [-0.2, -0.15) is 0 Å². The summed E-state index contributed by atoms with van der Waals surface area (Å²) >= 11 is 5.85. The van der Waals surface area contributed by atoms with Gasteiger partial charge in [-0.1, -0.05) is 11.6 Å². The quantitative estimate of drug-likeness (QED) is 0.931. The molecule has 1 heterocycles. The summed E-state index contributed by atoms with van der Waals surface area (Å²) in [4.78, 5) is 14.5. The summed E-state index contributed by atoms with van der Waals surface area (Å²) in [7, 11) is 0. The highest BCUT2D eigenvalue weighted by atomic mass is 35.5. The maximum Gasteiger partial charge on any atom is 0.266 e. The Morgan fingerprint density at radius 2 is 2.05 bits per heavy atom. The number of amides is 1. The third-order valence-electron chi connectivity index (χ3n) is 3.46. The molecule has 0 saturated carbocycles. The van der Waals surface area contributed by atoms with Gasteiger partial charge in [-0.25, -0.2) is 0 Å². The first kappa shape index (κ1) is 15.1. The van der Waals surface area contributed by atoms with E-state index in [0.717, 1.165) is 13.1 Å². The van der Waals surface area contributed by atoms with E-state index in [-0.39, 0.29) is 11.9 Å². The molecule has 0 radical (unpaired) electrons. The fourth-order valence-electron chi connectivity index (χ4n) is 2.33. The summed E-state index contributed by atoms with van der Waals surface area (Å²) in [5.74, 6) is 0.664. The van der Waals surface area contributed by atoms with Gasteiger partial charge in [0.15, 0.2) is 5.60 Å². The second kappa shape index (κ2) is 6.02. The van der Waals surface area contributed by atoms with Crippen molar-refractivity contribution in [2.75, 3.05) is 19.6 Å².